The smallest absolute Gasteiger partial charge is 0.134 e. The number of anilines is 1. The van der Waals surface area contributed by atoms with Gasteiger partial charge in [-0.25, -0.2) is 0 Å². The highest BCUT2D eigenvalue weighted by molar-refractivity contribution is 5.60. The van der Waals surface area contributed by atoms with E-state index in [1.165, 1.54) is 11.3 Å². The molecule has 0 spiro atoms. The Morgan fingerprint density at radius 1 is 1.50 bits per heavy atom. The van der Waals surface area contributed by atoms with Crippen LogP contribution in [0.4, 0.5) is 5.69 Å². The maximum atomic E-state index is 8.64. The van der Waals surface area contributed by atoms with Crippen LogP contribution >= 0.6 is 0 Å². The average Bonchev–Trinajstić information content (AvgIpc) is 2.84. The molecule has 1 heterocycles. The van der Waals surface area contributed by atoms with E-state index < -0.39 is 0 Å². The summed E-state index contributed by atoms with van der Waals surface area (Å²) in [6.07, 6.45) is 0. The zero-order valence-electron chi connectivity index (χ0n) is 6.99. The van der Waals surface area contributed by atoms with E-state index in [-0.39, 0.29) is 6.04 Å². The summed E-state index contributed by atoms with van der Waals surface area (Å²) < 4.78 is 0. The third-order valence-electron chi connectivity index (χ3n) is 2.19. The van der Waals surface area contributed by atoms with Gasteiger partial charge in [-0.3, -0.25) is 0 Å². The van der Waals surface area contributed by atoms with Crippen LogP contribution in [-0.2, 0) is 0 Å². The van der Waals surface area contributed by atoms with Crippen molar-refractivity contribution in [3.05, 3.63) is 29.8 Å². The molecular formula is C10H10N2. The van der Waals surface area contributed by atoms with Crippen molar-refractivity contribution in [1.29, 1.82) is 5.26 Å². The van der Waals surface area contributed by atoms with Crippen LogP contribution in [0.25, 0.3) is 0 Å². The third kappa shape index (κ3) is 1.04. The highest BCUT2D eigenvalue weighted by atomic mass is 15.3. The molecule has 1 fully saturated rings. The molecule has 2 rings (SSSR count). The van der Waals surface area contributed by atoms with Crippen LogP contribution in [0.15, 0.2) is 24.3 Å². The van der Waals surface area contributed by atoms with Crippen LogP contribution in [0.2, 0.25) is 0 Å². The van der Waals surface area contributed by atoms with Gasteiger partial charge in [0.1, 0.15) is 6.04 Å². The summed E-state index contributed by atoms with van der Waals surface area (Å²) in [5.41, 5.74) is 2.44. The van der Waals surface area contributed by atoms with Gasteiger partial charge in [-0.1, -0.05) is 18.2 Å². The standard InChI is InChI=1S/C10H10N2/c1-8-4-2-3-5-10(8)12-7-9(12)6-11/h2-5,9H,7H2,1H3. The van der Waals surface area contributed by atoms with Gasteiger partial charge in [0.25, 0.3) is 0 Å². The van der Waals surface area contributed by atoms with E-state index in [0.717, 1.165) is 6.54 Å². The molecular weight excluding hydrogens is 148 g/mol. The number of benzene rings is 1. The fourth-order valence-corrected chi connectivity index (χ4v) is 1.40. The van der Waals surface area contributed by atoms with E-state index >= 15 is 0 Å². The Bertz CT molecular complexity index is 338. The van der Waals surface area contributed by atoms with Gasteiger partial charge in [-0.2, -0.15) is 5.26 Å². The minimum Gasteiger partial charge on any atom is -0.351 e. The molecule has 60 valence electrons. The molecule has 1 saturated heterocycles. The van der Waals surface area contributed by atoms with Gasteiger partial charge in [-0.05, 0) is 18.6 Å². The van der Waals surface area contributed by atoms with E-state index in [9.17, 15) is 0 Å². The Balaban J connectivity index is 2.26. The second kappa shape index (κ2) is 2.53. The van der Waals surface area contributed by atoms with Gasteiger partial charge in [0, 0.05) is 5.69 Å². The van der Waals surface area contributed by atoms with Gasteiger partial charge >= 0.3 is 0 Å². The fourth-order valence-electron chi connectivity index (χ4n) is 1.40. The first kappa shape index (κ1) is 7.17. The summed E-state index contributed by atoms with van der Waals surface area (Å²) in [4.78, 5) is 2.11. The second-order valence-electron chi connectivity index (χ2n) is 3.08. The normalized spacial score (nSPS) is 20.3. The highest BCUT2D eigenvalue weighted by Gasteiger charge is 2.34. The second-order valence-corrected chi connectivity index (χ2v) is 3.08. The third-order valence-corrected chi connectivity index (χ3v) is 2.19. The Labute approximate surface area is 72.0 Å². The van der Waals surface area contributed by atoms with Gasteiger partial charge in [0.2, 0.25) is 0 Å². The van der Waals surface area contributed by atoms with Gasteiger partial charge in [0.15, 0.2) is 0 Å². The van der Waals surface area contributed by atoms with Crippen molar-refractivity contribution >= 4 is 5.69 Å². The molecule has 0 bridgehead atoms. The predicted octanol–water partition coefficient (Wildman–Crippen LogP) is 1.71. The van der Waals surface area contributed by atoms with Crippen molar-refractivity contribution in [2.24, 2.45) is 0 Å². The van der Waals surface area contributed by atoms with Gasteiger partial charge in [0.05, 0.1) is 12.6 Å². The maximum absolute atomic E-state index is 8.64. The zero-order chi connectivity index (χ0) is 8.55. The Hall–Kier alpha value is -1.49. The molecule has 1 aromatic carbocycles. The molecule has 1 unspecified atom stereocenters. The maximum Gasteiger partial charge on any atom is 0.134 e. The lowest BCUT2D eigenvalue weighted by atomic mass is 10.2. The van der Waals surface area contributed by atoms with Crippen molar-refractivity contribution in [2.45, 2.75) is 13.0 Å². The number of para-hydroxylation sites is 1. The molecule has 1 aromatic rings. The summed E-state index contributed by atoms with van der Waals surface area (Å²) >= 11 is 0. The lowest BCUT2D eigenvalue weighted by molar-refractivity contribution is 1.24. The number of rotatable bonds is 1. The van der Waals surface area contributed by atoms with E-state index in [0.29, 0.717) is 0 Å². The Kier molecular flexibility index (Phi) is 1.51. The number of nitriles is 1. The summed E-state index contributed by atoms with van der Waals surface area (Å²) in [6, 6.07) is 10.5. The number of nitrogens with zero attached hydrogens (tertiary/aromatic N) is 2. The molecule has 0 amide bonds. The molecule has 2 nitrogen and oxygen atoms in total. The van der Waals surface area contributed by atoms with E-state index in [2.05, 4.69) is 30.0 Å². The van der Waals surface area contributed by atoms with E-state index in [4.69, 9.17) is 5.26 Å². The molecule has 0 aromatic heterocycles. The zero-order valence-corrected chi connectivity index (χ0v) is 6.99. The lowest BCUT2D eigenvalue weighted by Gasteiger charge is -2.05. The van der Waals surface area contributed by atoms with Gasteiger partial charge in [-0.15, -0.1) is 0 Å². The lowest BCUT2D eigenvalue weighted by Crippen LogP contribution is -1.97. The van der Waals surface area contributed by atoms with Gasteiger partial charge < -0.3 is 4.90 Å². The van der Waals surface area contributed by atoms with Crippen LogP contribution in [0.3, 0.4) is 0 Å². The number of hydrogen-bond donors (Lipinski definition) is 0. The minimum absolute atomic E-state index is 0.117. The molecule has 0 aliphatic carbocycles. The SMILES string of the molecule is Cc1ccccc1N1CC1C#N. The Morgan fingerprint density at radius 2 is 2.25 bits per heavy atom. The quantitative estimate of drug-likeness (QED) is 0.582. The molecule has 0 radical (unpaired) electrons. The van der Waals surface area contributed by atoms with Crippen LogP contribution in [0.1, 0.15) is 5.56 Å². The minimum atomic E-state index is 0.117. The van der Waals surface area contributed by atoms with Crippen molar-refractivity contribution in [3.63, 3.8) is 0 Å². The molecule has 0 N–H and O–H groups in total. The molecule has 2 heteroatoms. The molecule has 1 aliphatic rings. The first-order valence-corrected chi connectivity index (χ1v) is 4.05. The summed E-state index contributed by atoms with van der Waals surface area (Å²) in [5, 5.41) is 8.64. The summed E-state index contributed by atoms with van der Waals surface area (Å²) in [6.45, 7) is 2.96. The summed E-state index contributed by atoms with van der Waals surface area (Å²) in [5.74, 6) is 0. The molecule has 12 heavy (non-hydrogen) atoms. The van der Waals surface area contributed by atoms with Crippen LogP contribution in [-0.4, -0.2) is 12.6 Å². The number of hydrogen-bond acceptors (Lipinski definition) is 2. The van der Waals surface area contributed by atoms with Crippen LogP contribution in [0, 0.1) is 18.3 Å². The van der Waals surface area contributed by atoms with Crippen LogP contribution < -0.4 is 4.90 Å². The molecule has 1 atom stereocenters. The molecule has 1 aliphatic heterocycles. The van der Waals surface area contributed by atoms with Crippen LogP contribution in [0.5, 0.6) is 0 Å². The monoisotopic (exact) mass is 158 g/mol. The van der Waals surface area contributed by atoms with Crippen molar-refractivity contribution < 1.29 is 0 Å². The number of aryl methyl sites for hydroxylation is 1. The topological polar surface area (TPSA) is 26.8 Å². The van der Waals surface area contributed by atoms with Crippen molar-refractivity contribution in [2.75, 3.05) is 11.4 Å². The Morgan fingerprint density at radius 3 is 2.83 bits per heavy atom. The van der Waals surface area contributed by atoms with E-state index in [1.54, 1.807) is 0 Å². The highest BCUT2D eigenvalue weighted by Crippen LogP contribution is 2.29. The largest absolute Gasteiger partial charge is 0.351 e. The fraction of sp³-hybridized carbons (Fsp3) is 0.300. The van der Waals surface area contributed by atoms with Crippen molar-refractivity contribution in [3.8, 4) is 6.07 Å². The first-order chi connectivity index (χ1) is 5.83. The van der Waals surface area contributed by atoms with E-state index in [1.807, 2.05) is 12.1 Å². The van der Waals surface area contributed by atoms with Crippen molar-refractivity contribution in [1.82, 2.24) is 0 Å². The predicted molar refractivity (Wildman–Crippen MR) is 47.9 cm³/mol. The molecule has 0 saturated carbocycles. The first-order valence-electron chi connectivity index (χ1n) is 4.05. The average molecular weight is 158 g/mol. The summed E-state index contributed by atoms with van der Waals surface area (Å²) in [7, 11) is 0.